The fraction of sp³-hybridized carbons (Fsp3) is 0.192. The number of ether oxygens (including phenoxy) is 1. The maximum absolute atomic E-state index is 12.8. The lowest BCUT2D eigenvalue weighted by Crippen LogP contribution is -2.49. The molecule has 0 aliphatic carbocycles. The first-order chi connectivity index (χ1) is 17.0. The number of methoxy groups -OCH3 is 1. The molecular formula is C26H25BrN4O3S. The van der Waals surface area contributed by atoms with Gasteiger partial charge in [0.2, 0.25) is 0 Å². The monoisotopic (exact) mass is 552 g/mol. The van der Waals surface area contributed by atoms with Crippen LogP contribution in [-0.2, 0) is 0 Å². The van der Waals surface area contributed by atoms with E-state index >= 15 is 0 Å². The average Bonchev–Trinajstić information content (AvgIpc) is 2.89. The van der Waals surface area contributed by atoms with Crippen molar-refractivity contribution < 1.29 is 14.3 Å². The summed E-state index contributed by atoms with van der Waals surface area (Å²) in [5.41, 5.74) is 2.81. The van der Waals surface area contributed by atoms with Gasteiger partial charge in [0, 0.05) is 36.2 Å². The lowest BCUT2D eigenvalue weighted by atomic mass is 10.1. The van der Waals surface area contributed by atoms with Crippen molar-refractivity contribution in [2.75, 3.05) is 43.5 Å². The minimum absolute atomic E-state index is 0.0449. The van der Waals surface area contributed by atoms with Crippen LogP contribution in [0.3, 0.4) is 0 Å². The number of benzene rings is 3. The Morgan fingerprint density at radius 1 is 0.943 bits per heavy atom. The Bertz CT molecular complexity index is 1230. The molecule has 35 heavy (non-hydrogen) atoms. The molecule has 0 unspecified atom stereocenters. The van der Waals surface area contributed by atoms with Crippen molar-refractivity contribution in [2.24, 2.45) is 0 Å². The number of anilines is 2. The number of amides is 2. The van der Waals surface area contributed by atoms with Crippen LogP contribution >= 0.6 is 28.1 Å². The van der Waals surface area contributed by atoms with E-state index in [1.54, 1.807) is 18.2 Å². The minimum Gasteiger partial charge on any atom is -0.496 e. The minimum atomic E-state index is -0.369. The largest absolute Gasteiger partial charge is 0.496 e. The van der Waals surface area contributed by atoms with Gasteiger partial charge < -0.3 is 19.9 Å². The van der Waals surface area contributed by atoms with Gasteiger partial charge in [0.1, 0.15) is 5.75 Å². The highest BCUT2D eigenvalue weighted by atomic mass is 79.9. The van der Waals surface area contributed by atoms with Crippen molar-refractivity contribution in [3.63, 3.8) is 0 Å². The van der Waals surface area contributed by atoms with Gasteiger partial charge in [0.25, 0.3) is 11.8 Å². The molecule has 7 nitrogen and oxygen atoms in total. The highest BCUT2D eigenvalue weighted by Gasteiger charge is 2.24. The summed E-state index contributed by atoms with van der Waals surface area (Å²) in [6.45, 7) is 2.61. The van der Waals surface area contributed by atoms with Gasteiger partial charge in [-0.3, -0.25) is 14.9 Å². The molecule has 3 aromatic rings. The smallest absolute Gasteiger partial charge is 0.261 e. The number of carbonyl (C=O) groups excluding carboxylic acids is 2. The summed E-state index contributed by atoms with van der Waals surface area (Å²) >= 11 is 8.81. The molecule has 0 saturated carbocycles. The number of rotatable bonds is 5. The molecule has 9 heteroatoms. The molecule has 180 valence electrons. The van der Waals surface area contributed by atoms with E-state index in [4.69, 9.17) is 17.0 Å². The SMILES string of the molecule is COc1ccc(Br)cc1C(=O)NC(=S)Nc1ccccc1N1CCN(C(=O)c2ccccc2)CC1. The molecule has 1 aliphatic heterocycles. The Morgan fingerprint density at radius 3 is 2.34 bits per heavy atom. The number of hydrogen-bond acceptors (Lipinski definition) is 5. The molecule has 1 saturated heterocycles. The first-order valence-corrected chi connectivity index (χ1v) is 12.3. The highest BCUT2D eigenvalue weighted by Crippen LogP contribution is 2.27. The van der Waals surface area contributed by atoms with Crippen molar-refractivity contribution >= 4 is 56.4 Å². The van der Waals surface area contributed by atoms with Crippen molar-refractivity contribution in [1.82, 2.24) is 10.2 Å². The lowest BCUT2D eigenvalue weighted by molar-refractivity contribution is 0.0746. The molecule has 0 bridgehead atoms. The van der Waals surface area contributed by atoms with Crippen LogP contribution in [-0.4, -0.2) is 55.1 Å². The van der Waals surface area contributed by atoms with Crippen molar-refractivity contribution in [2.45, 2.75) is 0 Å². The summed E-state index contributed by atoms with van der Waals surface area (Å²) in [4.78, 5) is 29.6. The van der Waals surface area contributed by atoms with Crippen LogP contribution in [0.5, 0.6) is 5.75 Å². The van der Waals surface area contributed by atoms with Crippen LogP contribution in [0.25, 0.3) is 0 Å². The molecule has 1 heterocycles. The van der Waals surface area contributed by atoms with Crippen LogP contribution < -0.4 is 20.3 Å². The van der Waals surface area contributed by atoms with Gasteiger partial charge in [-0.25, -0.2) is 0 Å². The molecule has 2 N–H and O–H groups in total. The Kier molecular flexibility index (Phi) is 7.99. The number of carbonyl (C=O) groups is 2. The number of para-hydroxylation sites is 2. The van der Waals surface area contributed by atoms with E-state index < -0.39 is 0 Å². The van der Waals surface area contributed by atoms with Crippen LogP contribution in [0.2, 0.25) is 0 Å². The third-order valence-electron chi connectivity index (χ3n) is 5.71. The Balaban J connectivity index is 1.40. The van der Waals surface area contributed by atoms with E-state index in [0.717, 1.165) is 15.8 Å². The lowest BCUT2D eigenvalue weighted by Gasteiger charge is -2.37. The number of nitrogens with zero attached hydrogens (tertiary/aromatic N) is 2. The maximum Gasteiger partial charge on any atom is 0.261 e. The third-order valence-corrected chi connectivity index (χ3v) is 6.41. The van der Waals surface area contributed by atoms with Crippen LogP contribution in [0, 0.1) is 0 Å². The van der Waals surface area contributed by atoms with E-state index in [1.807, 2.05) is 59.5 Å². The van der Waals surface area contributed by atoms with Crippen LogP contribution in [0.4, 0.5) is 11.4 Å². The summed E-state index contributed by atoms with van der Waals surface area (Å²) in [6, 6.07) is 22.3. The predicted octanol–water partition coefficient (Wildman–Crippen LogP) is 4.55. The zero-order valence-electron chi connectivity index (χ0n) is 19.2. The zero-order valence-corrected chi connectivity index (χ0v) is 21.6. The number of thiocarbonyl (C=S) groups is 1. The summed E-state index contributed by atoms with van der Waals surface area (Å²) in [6.07, 6.45) is 0. The average molecular weight is 553 g/mol. The molecular weight excluding hydrogens is 528 g/mol. The highest BCUT2D eigenvalue weighted by molar-refractivity contribution is 9.10. The molecule has 1 fully saturated rings. The molecule has 2 amide bonds. The molecule has 3 aromatic carbocycles. The van der Waals surface area contributed by atoms with E-state index in [-0.39, 0.29) is 16.9 Å². The molecule has 0 radical (unpaired) electrons. The Hall–Kier alpha value is -3.43. The van der Waals surface area contributed by atoms with Gasteiger partial charge in [-0.15, -0.1) is 0 Å². The first-order valence-electron chi connectivity index (χ1n) is 11.1. The molecule has 1 aliphatic rings. The van der Waals surface area contributed by atoms with Gasteiger partial charge in [-0.05, 0) is 54.7 Å². The zero-order chi connectivity index (χ0) is 24.8. The van der Waals surface area contributed by atoms with Gasteiger partial charge in [0.05, 0.1) is 24.0 Å². The fourth-order valence-corrected chi connectivity index (χ4v) is 4.51. The van der Waals surface area contributed by atoms with Gasteiger partial charge in [-0.1, -0.05) is 46.3 Å². The van der Waals surface area contributed by atoms with E-state index in [1.165, 1.54) is 7.11 Å². The van der Waals surface area contributed by atoms with E-state index in [2.05, 4.69) is 31.5 Å². The fourth-order valence-electron chi connectivity index (χ4n) is 3.95. The van der Waals surface area contributed by atoms with Crippen LogP contribution in [0.1, 0.15) is 20.7 Å². The molecule has 4 rings (SSSR count). The Labute approximate surface area is 218 Å². The normalized spacial score (nSPS) is 13.2. The topological polar surface area (TPSA) is 73.9 Å². The summed E-state index contributed by atoms with van der Waals surface area (Å²) in [7, 11) is 1.51. The van der Waals surface area contributed by atoms with Gasteiger partial charge in [-0.2, -0.15) is 0 Å². The van der Waals surface area contributed by atoms with Crippen molar-refractivity contribution in [3.05, 3.63) is 88.4 Å². The number of nitrogens with one attached hydrogen (secondary N) is 2. The molecule has 0 spiro atoms. The predicted molar refractivity (Wildman–Crippen MR) is 145 cm³/mol. The van der Waals surface area contributed by atoms with Crippen LogP contribution in [0.15, 0.2) is 77.3 Å². The van der Waals surface area contributed by atoms with E-state index in [0.29, 0.717) is 43.1 Å². The van der Waals surface area contributed by atoms with Crippen molar-refractivity contribution in [3.8, 4) is 5.75 Å². The standard InChI is InChI=1S/C26H25BrN4O3S/c1-34-23-12-11-19(27)17-20(23)24(32)29-26(35)28-21-9-5-6-10-22(21)30-13-15-31(16-14-30)25(33)18-7-3-2-4-8-18/h2-12,17H,13-16H2,1H3,(H2,28,29,32,35). The molecule has 0 aromatic heterocycles. The third kappa shape index (κ3) is 5.98. The van der Waals surface area contributed by atoms with E-state index in [9.17, 15) is 9.59 Å². The van der Waals surface area contributed by atoms with Gasteiger partial charge >= 0.3 is 0 Å². The maximum atomic E-state index is 12.8. The molecule has 0 atom stereocenters. The summed E-state index contributed by atoms with van der Waals surface area (Å²) in [5, 5.41) is 6.05. The summed E-state index contributed by atoms with van der Waals surface area (Å²) < 4.78 is 6.06. The quantitative estimate of drug-likeness (QED) is 0.452. The number of halogens is 1. The second-order valence-corrected chi connectivity index (χ2v) is 9.24. The first kappa shape index (κ1) is 24.7. The van der Waals surface area contributed by atoms with Gasteiger partial charge in [0.15, 0.2) is 5.11 Å². The second kappa shape index (κ2) is 11.3. The second-order valence-electron chi connectivity index (χ2n) is 7.92. The number of piperazine rings is 1. The Morgan fingerprint density at radius 2 is 1.63 bits per heavy atom. The summed E-state index contributed by atoms with van der Waals surface area (Å²) in [5.74, 6) is 0.131. The van der Waals surface area contributed by atoms with Crippen molar-refractivity contribution in [1.29, 1.82) is 0 Å². The number of hydrogen-bond donors (Lipinski definition) is 2.